The van der Waals surface area contributed by atoms with Gasteiger partial charge < -0.3 is 5.73 Å². The number of carbonyl (C=O) groups excluding carboxylic acids is 1. The Bertz CT molecular complexity index is 295. The summed E-state index contributed by atoms with van der Waals surface area (Å²) in [6, 6.07) is 0. The first-order valence-corrected chi connectivity index (χ1v) is 5.18. The normalized spacial score (nSPS) is 14.0. The molecule has 0 bridgehead atoms. The van der Waals surface area contributed by atoms with Crippen molar-refractivity contribution in [3.05, 3.63) is 35.5 Å². The maximum atomic E-state index is 11.4. The van der Waals surface area contributed by atoms with Crippen LogP contribution in [0, 0.1) is 5.41 Å². The Balaban J connectivity index is 4.24. The first-order chi connectivity index (χ1) is 6.85. The first kappa shape index (κ1) is 14.0. The second-order valence-electron chi connectivity index (χ2n) is 4.47. The molecule has 0 rings (SSSR count). The van der Waals surface area contributed by atoms with Crippen LogP contribution in [0.15, 0.2) is 35.5 Å². The van der Waals surface area contributed by atoms with Crippen LogP contribution in [0.3, 0.4) is 0 Å². The van der Waals surface area contributed by atoms with Gasteiger partial charge in [-0.25, -0.2) is 0 Å². The molecule has 0 aromatic rings. The summed E-state index contributed by atoms with van der Waals surface area (Å²) in [6.45, 7) is 6.06. The second kappa shape index (κ2) is 6.46. The van der Waals surface area contributed by atoms with Gasteiger partial charge >= 0.3 is 0 Å². The monoisotopic (exact) mass is 227 g/mol. The van der Waals surface area contributed by atoms with E-state index in [0.29, 0.717) is 11.5 Å². The van der Waals surface area contributed by atoms with Crippen LogP contribution in [0.1, 0.15) is 27.2 Å². The average molecular weight is 228 g/mol. The number of halogens is 1. The van der Waals surface area contributed by atoms with Crippen LogP contribution in [0.25, 0.3) is 0 Å². The molecular weight excluding hydrogens is 210 g/mol. The van der Waals surface area contributed by atoms with Crippen LogP contribution in [0.2, 0.25) is 0 Å². The van der Waals surface area contributed by atoms with Crippen molar-refractivity contribution in [2.75, 3.05) is 0 Å². The summed E-state index contributed by atoms with van der Waals surface area (Å²) in [5.41, 5.74) is 5.15. The summed E-state index contributed by atoms with van der Waals surface area (Å²) in [6.07, 6.45) is 8.21. The molecule has 0 aromatic heterocycles. The molecule has 0 fully saturated rings. The van der Waals surface area contributed by atoms with Crippen LogP contribution in [-0.4, -0.2) is 5.78 Å². The van der Waals surface area contributed by atoms with Gasteiger partial charge in [-0.3, -0.25) is 4.79 Å². The molecule has 0 unspecified atom stereocenters. The molecule has 0 radical (unpaired) electrons. The molecule has 0 amide bonds. The van der Waals surface area contributed by atoms with E-state index in [4.69, 9.17) is 17.3 Å². The predicted molar refractivity (Wildman–Crippen MR) is 65.5 cm³/mol. The van der Waals surface area contributed by atoms with Gasteiger partial charge in [0, 0.05) is 11.5 Å². The Hall–Kier alpha value is -1.02. The number of hydrogen-bond donors (Lipinski definition) is 1. The molecule has 84 valence electrons. The highest BCUT2D eigenvalue weighted by Crippen LogP contribution is 2.19. The Morgan fingerprint density at radius 2 is 1.93 bits per heavy atom. The minimum Gasteiger partial charge on any atom is -0.405 e. The van der Waals surface area contributed by atoms with Crippen LogP contribution in [0.4, 0.5) is 0 Å². The smallest absolute Gasteiger partial charge is 0.156 e. The van der Waals surface area contributed by atoms with Gasteiger partial charge in [0.2, 0.25) is 0 Å². The van der Waals surface area contributed by atoms with Gasteiger partial charge in [-0.05, 0) is 35.9 Å². The Morgan fingerprint density at radius 1 is 1.33 bits per heavy atom. The predicted octanol–water partition coefficient (Wildman–Crippen LogP) is 3.14. The van der Waals surface area contributed by atoms with E-state index in [1.165, 1.54) is 12.3 Å². The number of allylic oxidation sites excluding steroid dienone is 5. The largest absolute Gasteiger partial charge is 0.405 e. The minimum absolute atomic E-state index is 0.00871. The number of nitrogens with two attached hydrogens (primary N) is 1. The Labute approximate surface area is 96.5 Å². The molecule has 0 aliphatic heterocycles. The van der Waals surface area contributed by atoms with Crippen molar-refractivity contribution in [3.63, 3.8) is 0 Å². The Morgan fingerprint density at radius 3 is 2.40 bits per heavy atom. The minimum atomic E-state index is 0.00871. The van der Waals surface area contributed by atoms with Gasteiger partial charge in [-0.1, -0.05) is 32.4 Å². The van der Waals surface area contributed by atoms with Crippen LogP contribution in [0.5, 0.6) is 0 Å². The van der Waals surface area contributed by atoms with E-state index in [1.54, 1.807) is 18.2 Å². The Kier molecular flexibility index (Phi) is 6.02. The lowest BCUT2D eigenvalue weighted by atomic mass is 9.90. The SMILES string of the molecule is CC(C)(C)CC(=O)\C=C/C(Cl)=C\C=C\N. The van der Waals surface area contributed by atoms with Crippen molar-refractivity contribution in [1.29, 1.82) is 0 Å². The summed E-state index contributed by atoms with van der Waals surface area (Å²) < 4.78 is 0. The number of carbonyl (C=O) groups is 1. The fraction of sp³-hybridized carbons (Fsp3) is 0.417. The maximum absolute atomic E-state index is 11.4. The number of hydrogen-bond acceptors (Lipinski definition) is 2. The van der Waals surface area contributed by atoms with Crippen molar-refractivity contribution in [3.8, 4) is 0 Å². The van der Waals surface area contributed by atoms with Crippen molar-refractivity contribution in [2.24, 2.45) is 11.1 Å². The summed E-state index contributed by atoms with van der Waals surface area (Å²) in [5, 5.41) is 0.485. The standard InChI is InChI=1S/C12H18ClNO/c1-12(2,3)9-11(15)7-6-10(13)5-4-8-14/h4-8H,9,14H2,1-3H3/b7-6-,8-4+,10-5+. The third kappa shape index (κ3) is 9.29. The van der Waals surface area contributed by atoms with Crippen LogP contribution < -0.4 is 5.73 Å². The van der Waals surface area contributed by atoms with Crippen molar-refractivity contribution >= 4 is 17.4 Å². The zero-order valence-electron chi connectivity index (χ0n) is 9.46. The summed E-state index contributed by atoms with van der Waals surface area (Å²) >= 11 is 5.79. The van der Waals surface area contributed by atoms with E-state index in [1.807, 2.05) is 20.8 Å². The van der Waals surface area contributed by atoms with Gasteiger partial charge in [0.25, 0.3) is 0 Å². The van der Waals surface area contributed by atoms with E-state index in [9.17, 15) is 4.79 Å². The molecule has 0 atom stereocenters. The fourth-order valence-electron chi connectivity index (χ4n) is 0.957. The molecule has 0 spiro atoms. The zero-order chi connectivity index (χ0) is 11.9. The molecule has 0 aliphatic carbocycles. The molecule has 3 heteroatoms. The zero-order valence-corrected chi connectivity index (χ0v) is 10.2. The number of ketones is 1. The molecule has 2 nitrogen and oxygen atoms in total. The van der Waals surface area contributed by atoms with E-state index < -0.39 is 0 Å². The highest BCUT2D eigenvalue weighted by molar-refractivity contribution is 6.31. The highest BCUT2D eigenvalue weighted by atomic mass is 35.5. The maximum Gasteiger partial charge on any atom is 0.156 e. The summed E-state index contributed by atoms with van der Waals surface area (Å²) in [4.78, 5) is 11.4. The molecule has 2 N–H and O–H groups in total. The lowest BCUT2D eigenvalue weighted by molar-refractivity contribution is -0.116. The first-order valence-electron chi connectivity index (χ1n) is 4.80. The van der Waals surface area contributed by atoms with Gasteiger partial charge in [0.1, 0.15) is 0 Å². The molecule has 0 aromatic carbocycles. The van der Waals surface area contributed by atoms with Crippen LogP contribution in [-0.2, 0) is 4.79 Å². The lowest BCUT2D eigenvalue weighted by Crippen LogP contribution is -2.10. The molecule has 0 aliphatic rings. The van der Waals surface area contributed by atoms with Crippen molar-refractivity contribution in [2.45, 2.75) is 27.2 Å². The molecular formula is C12H18ClNO. The highest BCUT2D eigenvalue weighted by Gasteiger charge is 2.13. The third-order valence-corrected chi connectivity index (χ3v) is 1.75. The van der Waals surface area contributed by atoms with Gasteiger partial charge in [-0.2, -0.15) is 0 Å². The quantitative estimate of drug-likeness (QED) is 0.592. The van der Waals surface area contributed by atoms with Crippen molar-refractivity contribution < 1.29 is 4.79 Å². The van der Waals surface area contributed by atoms with E-state index >= 15 is 0 Å². The van der Waals surface area contributed by atoms with E-state index in [-0.39, 0.29) is 11.2 Å². The topological polar surface area (TPSA) is 43.1 Å². The molecule has 0 saturated heterocycles. The van der Waals surface area contributed by atoms with Crippen molar-refractivity contribution in [1.82, 2.24) is 0 Å². The average Bonchev–Trinajstić information content (AvgIpc) is 2.08. The van der Waals surface area contributed by atoms with E-state index in [2.05, 4.69) is 0 Å². The summed E-state index contributed by atoms with van der Waals surface area (Å²) in [5.74, 6) is 0.0748. The molecule has 15 heavy (non-hydrogen) atoms. The van der Waals surface area contributed by atoms with E-state index in [0.717, 1.165) is 0 Å². The third-order valence-electron chi connectivity index (χ3n) is 1.50. The van der Waals surface area contributed by atoms with Gasteiger partial charge in [0.05, 0.1) is 0 Å². The summed E-state index contributed by atoms with van der Waals surface area (Å²) in [7, 11) is 0. The fourth-order valence-corrected chi connectivity index (χ4v) is 1.09. The molecule has 0 heterocycles. The van der Waals surface area contributed by atoms with Gasteiger partial charge in [0.15, 0.2) is 5.78 Å². The van der Waals surface area contributed by atoms with Crippen LogP contribution >= 0.6 is 11.6 Å². The van der Waals surface area contributed by atoms with Gasteiger partial charge in [-0.15, -0.1) is 0 Å². The lowest BCUT2D eigenvalue weighted by Gasteiger charge is -2.14. The number of rotatable bonds is 4. The second-order valence-corrected chi connectivity index (χ2v) is 4.91. The molecule has 0 saturated carbocycles.